The number of hydrogen-bond donors (Lipinski definition) is 3. The molecule has 0 saturated heterocycles. The zero-order chi connectivity index (χ0) is 24.5. The van der Waals surface area contributed by atoms with Crippen molar-refractivity contribution in [2.24, 2.45) is 18.2 Å². The molecule has 8 nitrogen and oxygen atoms in total. The number of nitrogens with two attached hydrogens (primary N) is 1. The van der Waals surface area contributed by atoms with Crippen LogP contribution < -0.4 is 16.4 Å². The predicted octanol–water partition coefficient (Wildman–Crippen LogP) is 2.54. The summed E-state index contributed by atoms with van der Waals surface area (Å²) in [6, 6.07) is 3.13. The third-order valence-corrected chi connectivity index (χ3v) is 5.42. The molecule has 1 aromatic carbocycles. The van der Waals surface area contributed by atoms with Crippen molar-refractivity contribution in [3.8, 4) is 0 Å². The third-order valence-electron chi connectivity index (χ3n) is 5.42. The second-order valence-corrected chi connectivity index (χ2v) is 8.92. The molecule has 2 rings (SSSR count). The van der Waals surface area contributed by atoms with Gasteiger partial charge in [-0.25, -0.2) is 4.39 Å². The number of primary amides is 1. The maximum absolute atomic E-state index is 13.5. The van der Waals surface area contributed by atoms with Crippen LogP contribution in [0.5, 0.6) is 0 Å². The molecule has 4 N–H and O–H groups in total. The van der Waals surface area contributed by atoms with Crippen LogP contribution in [-0.2, 0) is 16.6 Å². The molecule has 0 radical (unpaired) electrons. The molecule has 9 heteroatoms. The van der Waals surface area contributed by atoms with Gasteiger partial charge < -0.3 is 20.9 Å². The number of aromatic nitrogens is 1. The second kappa shape index (κ2) is 8.94. The van der Waals surface area contributed by atoms with Gasteiger partial charge in [0.05, 0.1) is 11.3 Å². The van der Waals surface area contributed by atoms with Crippen LogP contribution in [0.4, 0.5) is 10.1 Å². The molecule has 0 unspecified atom stereocenters. The van der Waals surface area contributed by atoms with E-state index in [-0.39, 0.29) is 11.3 Å². The molecule has 0 aliphatic carbocycles. The van der Waals surface area contributed by atoms with Crippen LogP contribution in [0.1, 0.15) is 58.4 Å². The maximum Gasteiger partial charge on any atom is 0.294 e. The number of amides is 3. The largest absolute Gasteiger partial charge is 0.368 e. The van der Waals surface area contributed by atoms with Crippen molar-refractivity contribution in [2.45, 2.75) is 47.6 Å². The van der Waals surface area contributed by atoms with Crippen LogP contribution in [0.3, 0.4) is 0 Å². The van der Waals surface area contributed by atoms with Crippen molar-refractivity contribution in [1.82, 2.24) is 9.88 Å². The van der Waals surface area contributed by atoms with E-state index in [4.69, 9.17) is 5.73 Å². The van der Waals surface area contributed by atoms with Gasteiger partial charge in [-0.2, -0.15) is 0 Å². The summed E-state index contributed by atoms with van der Waals surface area (Å²) in [6.07, 6.45) is 0. The number of anilines is 1. The van der Waals surface area contributed by atoms with Crippen LogP contribution in [0.2, 0.25) is 0 Å². The molecule has 0 aliphatic rings. The molecular formula is C23H29FN4O4. The van der Waals surface area contributed by atoms with Crippen LogP contribution in [0.25, 0.3) is 0 Å². The first-order valence-electron chi connectivity index (χ1n) is 10.0. The van der Waals surface area contributed by atoms with Crippen LogP contribution in [0, 0.1) is 32.0 Å². The Hall–Kier alpha value is -3.49. The number of hydrogen-bond acceptors (Lipinski definition) is 4. The number of halogens is 1. The van der Waals surface area contributed by atoms with Gasteiger partial charge in [0.25, 0.3) is 17.6 Å². The number of ketones is 1. The first-order valence-corrected chi connectivity index (χ1v) is 10.0. The average Bonchev–Trinajstić information content (AvgIpc) is 2.89. The van der Waals surface area contributed by atoms with Crippen molar-refractivity contribution in [2.75, 3.05) is 5.32 Å². The van der Waals surface area contributed by atoms with Crippen molar-refractivity contribution < 1.29 is 23.6 Å². The molecule has 1 heterocycles. The lowest BCUT2D eigenvalue weighted by Crippen LogP contribution is -2.53. The highest BCUT2D eigenvalue weighted by Gasteiger charge is 2.35. The summed E-state index contributed by atoms with van der Waals surface area (Å²) in [5.74, 6) is -3.52. The van der Waals surface area contributed by atoms with E-state index in [1.807, 2.05) is 0 Å². The number of Topliss-reactive ketones (excluding diaryl/α,β-unsaturated/α-hetero) is 1. The van der Waals surface area contributed by atoms with Crippen molar-refractivity contribution in [3.63, 3.8) is 0 Å². The summed E-state index contributed by atoms with van der Waals surface area (Å²) in [5.41, 5.74) is 6.50. The van der Waals surface area contributed by atoms with E-state index in [0.717, 1.165) is 0 Å². The Morgan fingerprint density at radius 1 is 1.09 bits per heavy atom. The lowest BCUT2D eigenvalue weighted by atomic mass is 9.86. The molecule has 0 fully saturated rings. The van der Waals surface area contributed by atoms with Gasteiger partial charge in [-0.3, -0.25) is 19.2 Å². The van der Waals surface area contributed by atoms with E-state index in [1.165, 1.54) is 22.8 Å². The maximum atomic E-state index is 13.5. The standard InChI is InChI=1S/C23H29FN4O4/c1-11-10-14(8-9-15(11)24)26-21(31)16-12(2)17(28(7)13(16)3)18(29)22(32)27-19(20(25)30)23(4,5)6/h8-10,19H,1-7H3,(H2,25,30)(H,26,31)(H,27,32)/t19-/m1/s1. The van der Waals surface area contributed by atoms with E-state index in [0.29, 0.717) is 22.5 Å². The predicted molar refractivity (Wildman–Crippen MR) is 119 cm³/mol. The van der Waals surface area contributed by atoms with Gasteiger partial charge in [-0.15, -0.1) is 0 Å². The molecule has 0 spiro atoms. The number of nitrogens with zero attached hydrogens (tertiary/aromatic N) is 1. The quantitative estimate of drug-likeness (QED) is 0.468. The van der Waals surface area contributed by atoms with Gasteiger partial charge >= 0.3 is 0 Å². The van der Waals surface area contributed by atoms with Crippen molar-refractivity contribution in [3.05, 3.63) is 52.1 Å². The highest BCUT2D eigenvalue weighted by atomic mass is 19.1. The minimum atomic E-state index is -1.05. The Morgan fingerprint density at radius 2 is 1.69 bits per heavy atom. The number of carbonyl (C=O) groups is 4. The minimum absolute atomic E-state index is 0.0255. The first-order chi connectivity index (χ1) is 14.7. The molecule has 0 aliphatic heterocycles. The summed E-state index contributed by atoms with van der Waals surface area (Å²) in [7, 11) is 1.57. The molecule has 3 amide bonds. The molecule has 0 saturated carbocycles. The highest BCUT2D eigenvalue weighted by Crippen LogP contribution is 2.24. The summed E-state index contributed by atoms with van der Waals surface area (Å²) in [5, 5.41) is 5.10. The van der Waals surface area contributed by atoms with Crippen molar-refractivity contribution >= 4 is 29.2 Å². The van der Waals surface area contributed by atoms with E-state index >= 15 is 0 Å². The lowest BCUT2D eigenvalue weighted by molar-refractivity contribution is -0.127. The summed E-state index contributed by atoms with van der Waals surface area (Å²) in [6.45, 7) is 9.93. The summed E-state index contributed by atoms with van der Waals surface area (Å²) < 4.78 is 15.0. The zero-order valence-corrected chi connectivity index (χ0v) is 19.3. The molecule has 0 bridgehead atoms. The molecule has 1 atom stereocenters. The van der Waals surface area contributed by atoms with Gasteiger partial charge in [0.15, 0.2) is 0 Å². The lowest BCUT2D eigenvalue weighted by Gasteiger charge is -2.28. The zero-order valence-electron chi connectivity index (χ0n) is 19.3. The van der Waals surface area contributed by atoms with Crippen LogP contribution in [-0.4, -0.2) is 34.1 Å². The van der Waals surface area contributed by atoms with Gasteiger partial charge in [0, 0.05) is 18.4 Å². The van der Waals surface area contributed by atoms with E-state index in [9.17, 15) is 23.6 Å². The monoisotopic (exact) mass is 444 g/mol. The molecule has 172 valence electrons. The molecule has 1 aromatic heterocycles. The Morgan fingerprint density at radius 3 is 2.19 bits per heavy atom. The number of carbonyl (C=O) groups excluding carboxylic acids is 4. The number of aryl methyl sites for hydroxylation is 1. The fourth-order valence-corrected chi connectivity index (χ4v) is 3.57. The number of benzene rings is 1. The fraction of sp³-hybridized carbons (Fsp3) is 0.391. The van der Waals surface area contributed by atoms with Crippen LogP contribution in [0.15, 0.2) is 18.2 Å². The fourth-order valence-electron chi connectivity index (χ4n) is 3.57. The van der Waals surface area contributed by atoms with Crippen LogP contribution >= 0.6 is 0 Å². The van der Waals surface area contributed by atoms with E-state index in [2.05, 4.69) is 10.6 Å². The van der Waals surface area contributed by atoms with Gasteiger partial charge in [-0.05, 0) is 55.5 Å². The Balaban J connectivity index is 2.36. The summed E-state index contributed by atoms with van der Waals surface area (Å²) >= 11 is 0. The molecular weight excluding hydrogens is 415 g/mol. The van der Waals surface area contributed by atoms with Crippen molar-refractivity contribution in [1.29, 1.82) is 0 Å². The average molecular weight is 445 g/mol. The van der Waals surface area contributed by atoms with E-state index in [1.54, 1.807) is 48.6 Å². The smallest absolute Gasteiger partial charge is 0.294 e. The Bertz CT molecular complexity index is 1110. The topological polar surface area (TPSA) is 123 Å². The van der Waals surface area contributed by atoms with Gasteiger partial charge in [0.2, 0.25) is 5.91 Å². The Labute approximate surface area is 186 Å². The second-order valence-electron chi connectivity index (χ2n) is 8.92. The number of nitrogens with one attached hydrogen (secondary N) is 2. The SMILES string of the molecule is Cc1cc(NC(=O)c2c(C)c(C(=O)C(=O)N[C@H](C(N)=O)C(C)(C)C)n(C)c2C)ccc1F. The highest BCUT2D eigenvalue weighted by molar-refractivity contribution is 6.43. The van der Waals surface area contributed by atoms with E-state index < -0.39 is 40.8 Å². The Kier molecular flexibility index (Phi) is 6.92. The first kappa shape index (κ1) is 24.8. The van der Waals surface area contributed by atoms with Gasteiger partial charge in [0.1, 0.15) is 11.9 Å². The normalized spacial score (nSPS) is 12.2. The molecule has 2 aromatic rings. The minimum Gasteiger partial charge on any atom is -0.368 e. The number of rotatable bonds is 6. The molecule has 32 heavy (non-hydrogen) atoms. The van der Waals surface area contributed by atoms with Gasteiger partial charge in [-0.1, -0.05) is 20.8 Å². The third kappa shape index (κ3) is 4.87. The summed E-state index contributed by atoms with van der Waals surface area (Å²) in [4.78, 5) is 50.3.